The Kier molecular flexibility index (Phi) is 3.28. The minimum Gasteiger partial charge on any atom is -0.396 e. The van der Waals surface area contributed by atoms with Gasteiger partial charge in [0.1, 0.15) is 11.0 Å². The number of anilines is 1. The topological polar surface area (TPSA) is 66.3 Å². The van der Waals surface area contributed by atoms with E-state index in [1.165, 1.54) is 11.0 Å². The second-order valence-electron chi connectivity index (χ2n) is 3.57. The summed E-state index contributed by atoms with van der Waals surface area (Å²) >= 11 is 11.4. The lowest BCUT2D eigenvalue weighted by atomic mass is 10.1. The number of halogens is 2. The second kappa shape index (κ2) is 4.53. The molecule has 86 valence electrons. The van der Waals surface area contributed by atoms with Crippen LogP contribution in [-0.4, -0.2) is 34.1 Å². The number of carbonyl (C=O) groups is 1. The Balaban J connectivity index is 2.27. The quantitative estimate of drug-likeness (QED) is 0.640. The maximum atomic E-state index is 11.6. The van der Waals surface area contributed by atoms with Gasteiger partial charge in [-0.3, -0.25) is 9.69 Å². The van der Waals surface area contributed by atoms with E-state index in [1.54, 1.807) is 0 Å². The van der Waals surface area contributed by atoms with Crippen LogP contribution in [0.4, 0.5) is 5.82 Å². The van der Waals surface area contributed by atoms with Crippen molar-refractivity contribution in [1.29, 1.82) is 0 Å². The summed E-state index contributed by atoms with van der Waals surface area (Å²) in [5.41, 5.74) is 0. The number of amides is 1. The largest absolute Gasteiger partial charge is 0.396 e. The monoisotopic (exact) mass is 261 g/mol. The molecule has 16 heavy (non-hydrogen) atoms. The molecule has 1 aromatic heterocycles. The minimum absolute atomic E-state index is 0.00254. The highest BCUT2D eigenvalue weighted by Gasteiger charge is 2.31. The number of rotatable bonds is 2. The third kappa shape index (κ3) is 2.26. The van der Waals surface area contributed by atoms with Crippen LogP contribution in [0.1, 0.15) is 6.42 Å². The first-order valence-corrected chi connectivity index (χ1v) is 5.47. The molecular formula is C9H9Cl2N3O2. The van der Waals surface area contributed by atoms with E-state index in [9.17, 15) is 4.79 Å². The van der Waals surface area contributed by atoms with Gasteiger partial charge in [-0.15, -0.1) is 0 Å². The van der Waals surface area contributed by atoms with Gasteiger partial charge in [0.2, 0.25) is 11.2 Å². The average molecular weight is 262 g/mol. The Morgan fingerprint density at radius 2 is 2.25 bits per heavy atom. The molecule has 1 atom stereocenters. The molecule has 7 heteroatoms. The molecule has 1 aliphatic rings. The van der Waals surface area contributed by atoms with Gasteiger partial charge in [-0.05, 0) is 11.6 Å². The smallest absolute Gasteiger partial charge is 0.228 e. The Morgan fingerprint density at radius 3 is 2.81 bits per heavy atom. The molecule has 1 N–H and O–H groups in total. The molecular weight excluding hydrogens is 253 g/mol. The normalized spacial score (nSPS) is 20.6. The van der Waals surface area contributed by atoms with Gasteiger partial charge in [0.25, 0.3) is 0 Å². The van der Waals surface area contributed by atoms with Crippen molar-refractivity contribution >= 4 is 34.9 Å². The lowest BCUT2D eigenvalue weighted by Gasteiger charge is -2.15. The van der Waals surface area contributed by atoms with Crippen molar-refractivity contribution in [2.75, 3.05) is 18.1 Å². The molecule has 1 aliphatic heterocycles. The SMILES string of the molecule is O=C1CC(CO)CN1c1cc(Cl)nc(Cl)n1. The van der Waals surface area contributed by atoms with Crippen LogP contribution < -0.4 is 4.90 Å². The van der Waals surface area contributed by atoms with Crippen molar-refractivity contribution in [2.24, 2.45) is 5.92 Å². The number of nitrogens with zero attached hydrogens (tertiary/aromatic N) is 3. The van der Waals surface area contributed by atoms with Crippen LogP contribution in [0.2, 0.25) is 10.4 Å². The maximum absolute atomic E-state index is 11.6. The zero-order chi connectivity index (χ0) is 11.7. The molecule has 1 aromatic rings. The van der Waals surface area contributed by atoms with Crippen molar-refractivity contribution in [2.45, 2.75) is 6.42 Å². The zero-order valence-electron chi connectivity index (χ0n) is 8.23. The van der Waals surface area contributed by atoms with Crippen LogP contribution in [0.25, 0.3) is 0 Å². The van der Waals surface area contributed by atoms with E-state index in [4.69, 9.17) is 28.3 Å². The molecule has 1 fully saturated rings. The van der Waals surface area contributed by atoms with Crippen LogP contribution in [0.15, 0.2) is 6.07 Å². The first kappa shape index (κ1) is 11.6. The molecule has 1 unspecified atom stereocenters. The average Bonchev–Trinajstić information content (AvgIpc) is 2.58. The number of hydrogen-bond acceptors (Lipinski definition) is 4. The maximum Gasteiger partial charge on any atom is 0.228 e. The van der Waals surface area contributed by atoms with Crippen LogP contribution >= 0.6 is 23.2 Å². The summed E-state index contributed by atoms with van der Waals surface area (Å²) < 4.78 is 0. The van der Waals surface area contributed by atoms with Gasteiger partial charge in [-0.1, -0.05) is 11.6 Å². The van der Waals surface area contributed by atoms with Crippen LogP contribution in [0, 0.1) is 5.92 Å². The highest BCUT2D eigenvalue weighted by atomic mass is 35.5. The lowest BCUT2D eigenvalue weighted by Crippen LogP contribution is -2.26. The minimum atomic E-state index is -0.0927. The van der Waals surface area contributed by atoms with Crippen molar-refractivity contribution in [3.63, 3.8) is 0 Å². The number of aliphatic hydroxyl groups excluding tert-OH is 1. The summed E-state index contributed by atoms with van der Waals surface area (Å²) in [6.45, 7) is 0.411. The molecule has 0 spiro atoms. The van der Waals surface area contributed by atoms with Gasteiger partial charge in [-0.25, -0.2) is 9.97 Å². The molecule has 0 aromatic carbocycles. The molecule has 1 amide bonds. The predicted octanol–water partition coefficient (Wildman–Crippen LogP) is 1.13. The van der Waals surface area contributed by atoms with Gasteiger partial charge in [-0.2, -0.15) is 0 Å². The third-order valence-electron chi connectivity index (χ3n) is 2.39. The fourth-order valence-electron chi connectivity index (χ4n) is 1.64. The molecule has 5 nitrogen and oxygen atoms in total. The molecule has 2 heterocycles. The molecule has 0 radical (unpaired) electrons. The number of hydrogen-bond donors (Lipinski definition) is 1. The van der Waals surface area contributed by atoms with Crippen LogP contribution in [0.5, 0.6) is 0 Å². The van der Waals surface area contributed by atoms with Gasteiger partial charge in [0, 0.05) is 31.6 Å². The van der Waals surface area contributed by atoms with E-state index in [-0.39, 0.29) is 28.9 Å². The molecule has 1 saturated heterocycles. The van der Waals surface area contributed by atoms with Crippen molar-refractivity contribution in [3.05, 3.63) is 16.5 Å². The van der Waals surface area contributed by atoms with E-state index in [2.05, 4.69) is 9.97 Å². The van der Waals surface area contributed by atoms with Crippen LogP contribution in [-0.2, 0) is 4.79 Å². The Morgan fingerprint density at radius 1 is 1.50 bits per heavy atom. The molecule has 2 rings (SSSR count). The standard InChI is InChI=1S/C9H9Cl2N3O2/c10-6-2-7(13-9(11)12-6)14-3-5(4-15)1-8(14)16/h2,5,15H,1,3-4H2. The van der Waals surface area contributed by atoms with E-state index in [0.717, 1.165) is 0 Å². The Hall–Kier alpha value is -0.910. The predicted molar refractivity (Wildman–Crippen MR) is 59.6 cm³/mol. The number of carbonyl (C=O) groups excluding carboxylic acids is 1. The van der Waals surface area contributed by atoms with Crippen molar-refractivity contribution < 1.29 is 9.90 Å². The van der Waals surface area contributed by atoms with E-state index < -0.39 is 0 Å². The third-order valence-corrected chi connectivity index (χ3v) is 2.76. The van der Waals surface area contributed by atoms with Gasteiger partial charge >= 0.3 is 0 Å². The molecule has 0 bridgehead atoms. The summed E-state index contributed by atoms with van der Waals surface area (Å²) in [4.78, 5) is 20.7. The Bertz CT molecular complexity index is 407. The summed E-state index contributed by atoms with van der Waals surface area (Å²) in [7, 11) is 0. The molecule has 0 aliphatic carbocycles. The first-order chi connectivity index (χ1) is 7.60. The summed E-state index contributed by atoms with van der Waals surface area (Å²) in [5, 5.41) is 9.19. The number of aromatic nitrogens is 2. The fourth-order valence-corrected chi connectivity index (χ4v) is 2.04. The number of aliphatic hydroxyl groups is 1. The van der Waals surface area contributed by atoms with Gasteiger partial charge in [0.05, 0.1) is 0 Å². The summed E-state index contributed by atoms with van der Waals surface area (Å²) in [6, 6.07) is 1.48. The van der Waals surface area contributed by atoms with Gasteiger partial charge < -0.3 is 5.11 Å². The first-order valence-electron chi connectivity index (χ1n) is 4.71. The highest BCUT2D eigenvalue weighted by molar-refractivity contribution is 6.32. The second-order valence-corrected chi connectivity index (χ2v) is 4.30. The Labute approximate surface area is 102 Å². The summed E-state index contributed by atoms with van der Waals surface area (Å²) in [6.07, 6.45) is 0.315. The van der Waals surface area contributed by atoms with E-state index in [1.807, 2.05) is 0 Å². The lowest BCUT2D eigenvalue weighted by molar-refractivity contribution is -0.117. The van der Waals surface area contributed by atoms with Crippen LogP contribution in [0.3, 0.4) is 0 Å². The van der Waals surface area contributed by atoms with Gasteiger partial charge in [0.15, 0.2) is 0 Å². The van der Waals surface area contributed by atoms with Crippen molar-refractivity contribution in [1.82, 2.24) is 9.97 Å². The molecule has 0 saturated carbocycles. The highest BCUT2D eigenvalue weighted by Crippen LogP contribution is 2.25. The fraction of sp³-hybridized carbons (Fsp3) is 0.444. The zero-order valence-corrected chi connectivity index (χ0v) is 9.74. The summed E-state index contributed by atoms with van der Waals surface area (Å²) in [5.74, 6) is 0.232. The van der Waals surface area contributed by atoms with E-state index >= 15 is 0 Å². The van der Waals surface area contributed by atoms with Crippen molar-refractivity contribution in [3.8, 4) is 0 Å². The van der Waals surface area contributed by atoms with E-state index in [0.29, 0.717) is 18.8 Å².